The second kappa shape index (κ2) is 5.91. The Morgan fingerprint density at radius 3 is 2.75 bits per heavy atom. The van der Waals surface area contributed by atoms with Crippen LogP contribution in [0.2, 0.25) is 0 Å². The van der Waals surface area contributed by atoms with Crippen molar-refractivity contribution in [2.75, 3.05) is 12.0 Å². The number of nitrogen functional groups attached to an aromatic ring is 1. The number of hydrogen-bond donors (Lipinski definition) is 2. The number of rotatable bonds is 4. The van der Waals surface area contributed by atoms with Crippen LogP contribution in [0.25, 0.3) is 0 Å². The second-order valence-electron chi connectivity index (χ2n) is 5.06. The molecule has 0 saturated heterocycles. The molecule has 0 radical (unpaired) electrons. The largest absolute Gasteiger partial charge is 0.399 e. The predicted octanol–water partition coefficient (Wildman–Crippen LogP) is 2.28. The van der Waals surface area contributed by atoms with Crippen molar-refractivity contribution in [2.24, 2.45) is 0 Å². The van der Waals surface area contributed by atoms with E-state index in [0.717, 1.165) is 25.3 Å². The molecule has 112 valence electrons. The maximum Gasteiger partial charge on any atom is 0.241 e. The van der Waals surface area contributed by atoms with Crippen LogP contribution >= 0.6 is 11.8 Å². The number of sulfonamides is 1. The lowest BCUT2D eigenvalue weighted by atomic mass is 10.2. The van der Waals surface area contributed by atoms with Crippen molar-refractivity contribution >= 4 is 27.5 Å². The highest BCUT2D eigenvalue weighted by atomic mass is 32.2. The molecule has 0 bridgehead atoms. The normalized spacial score (nSPS) is 23.1. The van der Waals surface area contributed by atoms with E-state index in [9.17, 15) is 12.8 Å². The quantitative estimate of drug-likeness (QED) is 0.836. The maximum atomic E-state index is 13.7. The van der Waals surface area contributed by atoms with Gasteiger partial charge in [0.1, 0.15) is 5.82 Å². The van der Waals surface area contributed by atoms with Crippen LogP contribution in [-0.2, 0) is 10.0 Å². The molecule has 20 heavy (non-hydrogen) atoms. The molecule has 1 saturated carbocycles. The molecular weight excluding hydrogens is 299 g/mol. The van der Waals surface area contributed by atoms with Crippen molar-refractivity contribution < 1.29 is 12.8 Å². The minimum atomic E-state index is -3.75. The summed E-state index contributed by atoms with van der Waals surface area (Å²) in [7, 11) is -3.75. The zero-order valence-electron chi connectivity index (χ0n) is 11.5. The van der Waals surface area contributed by atoms with Gasteiger partial charge in [0, 0.05) is 22.5 Å². The average molecular weight is 318 g/mol. The molecule has 1 fully saturated rings. The summed E-state index contributed by atoms with van der Waals surface area (Å²) in [5.41, 5.74) is 5.76. The van der Waals surface area contributed by atoms with E-state index in [-0.39, 0.29) is 27.4 Å². The molecule has 0 aromatic heterocycles. The number of benzene rings is 1. The third kappa shape index (κ3) is 3.10. The Hall–Kier alpha value is -0.790. The topological polar surface area (TPSA) is 72.2 Å². The average Bonchev–Trinajstić information content (AvgIpc) is 2.80. The van der Waals surface area contributed by atoms with E-state index in [1.165, 1.54) is 13.0 Å². The van der Waals surface area contributed by atoms with Crippen LogP contribution in [0.3, 0.4) is 0 Å². The lowest BCUT2D eigenvalue weighted by Crippen LogP contribution is -2.38. The van der Waals surface area contributed by atoms with Gasteiger partial charge in [-0.2, -0.15) is 11.8 Å². The Morgan fingerprint density at radius 1 is 1.40 bits per heavy atom. The summed E-state index contributed by atoms with van der Waals surface area (Å²) in [5.74, 6) is -0.599. The van der Waals surface area contributed by atoms with Crippen molar-refractivity contribution in [3.8, 4) is 0 Å². The van der Waals surface area contributed by atoms with Crippen molar-refractivity contribution in [3.63, 3.8) is 0 Å². The molecule has 7 heteroatoms. The van der Waals surface area contributed by atoms with Gasteiger partial charge in [-0.15, -0.1) is 0 Å². The third-order valence-electron chi connectivity index (χ3n) is 3.67. The molecule has 1 aliphatic rings. The number of nitrogens with two attached hydrogens (primary N) is 1. The molecule has 2 unspecified atom stereocenters. The molecule has 1 aromatic rings. The van der Waals surface area contributed by atoms with Gasteiger partial charge in [-0.25, -0.2) is 17.5 Å². The van der Waals surface area contributed by atoms with Crippen molar-refractivity contribution in [1.82, 2.24) is 4.72 Å². The minimum absolute atomic E-state index is 0.0678. The number of anilines is 1. The lowest BCUT2D eigenvalue weighted by molar-refractivity contribution is 0.551. The lowest BCUT2D eigenvalue weighted by Gasteiger charge is -2.20. The van der Waals surface area contributed by atoms with Crippen molar-refractivity contribution in [3.05, 3.63) is 23.5 Å². The monoisotopic (exact) mass is 318 g/mol. The van der Waals surface area contributed by atoms with E-state index in [0.29, 0.717) is 0 Å². The Morgan fingerprint density at radius 2 is 2.10 bits per heavy atom. The Bertz CT molecular complexity index is 605. The summed E-state index contributed by atoms with van der Waals surface area (Å²) in [4.78, 5) is -0.0678. The predicted molar refractivity (Wildman–Crippen MR) is 80.8 cm³/mol. The van der Waals surface area contributed by atoms with Crippen LogP contribution in [0.4, 0.5) is 10.1 Å². The maximum absolute atomic E-state index is 13.7. The molecule has 2 atom stereocenters. The van der Waals surface area contributed by atoms with Crippen LogP contribution in [0.1, 0.15) is 24.8 Å². The van der Waals surface area contributed by atoms with Gasteiger partial charge >= 0.3 is 0 Å². The Kier molecular flexibility index (Phi) is 4.61. The summed E-state index contributed by atoms with van der Waals surface area (Å²) in [6, 6.07) is 2.34. The Balaban J connectivity index is 2.31. The van der Waals surface area contributed by atoms with Gasteiger partial charge in [-0.05, 0) is 38.2 Å². The molecular formula is C13H19FN2O2S2. The van der Waals surface area contributed by atoms with Crippen molar-refractivity contribution in [2.45, 2.75) is 42.4 Å². The summed E-state index contributed by atoms with van der Waals surface area (Å²) in [6.07, 6.45) is 4.79. The number of nitrogens with one attached hydrogen (secondary N) is 1. The highest BCUT2D eigenvalue weighted by Gasteiger charge is 2.31. The van der Waals surface area contributed by atoms with Gasteiger partial charge in [0.25, 0.3) is 0 Å². The standard InChI is InChI=1S/C13H19FN2O2S2/c1-8-10(14)6-9(15)7-13(8)20(17,18)16-11-4-3-5-12(11)19-2/h6-7,11-12,16H,3-5,15H2,1-2H3. The van der Waals surface area contributed by atoms with E-state index in [1.54, 1.807) is 11.8 Å². The van der Waals surface area contributed by atoms with Gasteiger partial charge < -0.3 is 5.73 Å². The van der Waals surface area contributed by atoms with E-state index < -0.39 is 15.8 Å². The molecule has 2 rings (SSSR count). The smallest absolute Gasteiger partial charge is 0.241 e. The van der Waals surface area contributed by atoms with Gasteiger partial charge in [0.05, 0.1) is 4.90 Å². The first kappa shape index (κ1) is 15.6. The summed E-state index contributed by atoms with van der Waals surface area (Å²) < 4.78 is 41.2. The molecule has 1 aliphatic carbocycles. The molecule has 0 heterocycles. The molecule has 3 N–H and O–H groups in total. The first-order valence-corrected chi connectivity index (χ1v) is 9.23. The number of thioether (sulfide) groups is 1. The van der Waals surface area contributed by atoms with Gasteiger partial charge in [-0.3, -0.25) is 0 Å². The summed E-state index contributed by atoms with van der Waals surface area (Å²) >= 11 is 1.66. The van der Waals surface area contributed by atoms with E-state index >= 15 is 0 Å². The summed E-state index contributed by atoms with van der Waals surface area (Å²) in [5, 5.41) is 0.274. The zero-order chi connectivity index (χ0) is 14.9. The minimum Gasteiger partial charge on any atom is -0.399 e. The van der Waals surface area contributed by atoms with Crippen LogP contribution in [-0.4, -0.2) is 26.0 Å². The van der Waals surface area contributed by atoms with E-state index in [1.807, 2.05) is 6.26 Å². The van der Waals surface area contributed by atoms with Gasteiger partial charge in [0.15, 0.2) is 0 Å². The Labute approximate surface area is 123 Å². The fraction of sp³-hybridized carbons (Fsp3) is 0.538. The van der Waals surface area contributed by atoms with Gasteiger partial charge in [-0.1, -0.05) is 6.42 Å². The highest BCUT2D eigenvalue weighted by Crippen LogP contribution is 2.30. The molecule has 0 amide bonds. The summed E-state index contributed by atoms with van der Waals surface area (Å²) in [6.45, 7) is 1.45. The second-order valence-corrected chi connectivity index (χ2v) is 7.82. The van der Waals surface area contributed by atoms with E-state index in [2.05, 4.69) is 4.72 Å². The first-order valence-electron chi connectivity index (χ1n) is 6.46. The van der Waals surface area contributed by atoms with Crippen LogP contribution < -0.4 is 10.5 Å². The zero-order valence-corrected chi connectivity index (χ0v) is 13.2. The van der Waals surface area contributed by atoms with E-state index in [4.69, 9.17) is 5.73 Å². The van der Waals surface area contributed by atoms with Crippen LogP contribution in [0.15, 0.2) is 17.0 Å². The van der Waals surface area contributed by atoms with Gasteiger partial charge in [0.2, 0.25) is 10.0 Å². The SMILES string of the molecule is CSC1CCCC1NS(=O)(=O)c1cc(N)cc(F)c1C. The van der Waals surface area contributed by atoms with Crippen molar-refractivity contribution in [1.29, 1.82) is 0 Å². The third-order valence-corrected chi connectivity index (χ3v) is 6.46. The fourth-order valence-electron chi connectivity index (χ4n) is 2.56. The first-order chi connectivity index (χ1) is 9.35. The molecule has 0 aliphatic heterocycles. The molecule has 0 spiro atoms. The molecule has 1 aromatic carbocycles. The van der Waals surface area contributed by atoms with Crippen LogP contribution in [0, 0.1) is 12.7 Å². The fourth-order valence-corrected chi connectivity index (χ4v) is 5.18. The highest BCUT2D eigenvalue weighted by molar-refractivity contribution is 7.99. The number of hydrogen-bond acceptors (Lipinski definition) is 4. The number of halogens is 1. The molecule has 4 nitrogen and oxygen atoms in total. The van der Waals surface area contributed by atoms with Crippen LogP contribution in [0.5, 0.6) is 0 Å².